The molecule has 0 unspecified atom stereocenters. The lowest BCUT2D eigenvalue weighted by Gasteiger charge is -2.30. The molecule has 0 radical (unpaired) electrons. The van der Waals surface area contributed by atoms with E-state index in [9.17, 15) is 9.59 Å². The van der Waals surface area contributed by atoms with E-state index in [1.54, 1.807) is 11.0 Å². The number of amides is 2. The molecule has 0 spiro atoms. The Labute approximate surface area is 122 Å². The molecule has 1 aromatic carbocycles. The number of rotatable bonds is 2. The Morgan fingerprint density at radius 2 is 1.81 bits per heavy atom. The molecular formula is C16H17N3O2. The molecule has 2 amide bonds. The summed E-state index contributed by atoms with van der Waals surface area (Å²) in [6, 6.07) is 11.4. The molecule has 2 N–H and O–H groups in total. The average molecular weight is 283 g/mol. The Morgan fingerprint density at radius 1 is 1.10 bits per heavy atom. The molecule has 108 valence electrons. The number of carbonyl (C=O) groups is 2. The smallest absolute Gasteiger partial charge is 0.272 e. The van der Waals surface area contributed by atoms with Crippen molar-refractivity contribution in [3.05, 3.63) is 42.1 Å². The van der Waals surface area contributed by atoms with Crippen LogP contribution in [0, 0.1) is 5.92 Å². The highest BCUT2D eigenvalue weighted by atomic mass is 16.2. The second kappa shape index (κ2) is 5.52. The topological polar surface area (TPSA) is 76.3 Å². The van der Waals surface area contributed by atoms with E-state index >= 15 is 0 Å². The molecule has 0 saturated carbocycles. The second-order valence-electron chi connectivity index (χ2n) is 5.36. The first-order valence-corrected chi connectivity index (χ1v) is 7.09. The van der Waals surface area contributed by atoms with Gasteiger partial charge in [-0.2, -0.15) is 0 Å². The van der Waals surface area contributed by atoms with Crippen LogP contribution in [0.3, 0.4) is 0 Å². The fourth-order valence-corrected chi connectivity index (χ4v) is 2.71. The normalized spacial score (nSPS) is 16.1. The van der Waals surface area contributed by atoms with E-state index in [1.807, 2.05) is 30.3 Å². The molecule has 21 heavy (non-hydrogen) atoms. The molecule has 1 fully saturated rings. The van der Waals surface area contributed by atoms with Crippen LogP contribution in [-0.4, -0.2) is 34.8 Å². The summed E-state index contributed by atoms with van der Waals surface area (Å²) in [5.74, 6) is -0.465. The summed E-state index contributed by atoms with van der Waals surface area (Å²) in [7, 11) is 0. The van der Waals surface area contributed by atoms with Gasteiger partial charge in [0.05, 0.1) is 5.52 Å². The quantitative estimate of drug-likeness (QED) is 0.909. The molecule has 2 aromatic rings. The average Bonchev–Trinajstić information content (AvgIpc) is 2.54. The third-order valence-corrected chi connectivity index (χ3v) is 4.00. The number of piperidine rings is 1. The van der Waals surface area contributed by atoms with Crippen LogP contribution in [0.1, 0.15) is 23.3 Å². The van der Waals surface area contributed by atoms with E-state index in [1.165, 1.54) is 0 Å². The SMILES string of the molecule is NC(=O)C1CCN(C(=O)c2ccc3ccccc3n2)CC1. The van der Waals surface area contributed by atoms with Crippen molar-refractivity contribution < 1.29 is 9.59 Å². The van der Waals surface area contributed by atoms with Gasteiger partial charge in [-0.3, -0.25) is 9.59 Å². The molecule has 2 heterocycles. The summed E-state index contributed by atoms with van der Waals surface area (Å²) in [5.41, 5.74) is 6.57. The van der Waals surface area contributed by atoms with Gasteiger partial charge in [0.2, 0.25) is 5.91 Å². The molecule has 5 nitrogen and oxygen atoms in total. The van der Waals surface area contributed by atoms with Crippen LogP contribution in [0.4, 0.5) is 0 Å². The van der Waals surface area contributed by atoms with E-state index in [0.29, 0.717) is 31.6 Å². The van der Waals surface area contributed by atoms with E-state index < -0.39 is 0 Å². The first-order chi connectivity index (χ1) is 10.1. The molecule has 5 heteroatoms. The summed E-state index contributed by atoms with van der Waals surface area (Å²) < 4.78 is 0. The minimum absolute atomic E-state index is 0.0799. The lowest BCUT2D eigenvalue weighted by atomic mass is 9.96. The number of likely N-dealkylation sites (tertiary alicyclic amines) is 1. The Kier molecular flexibility index (Phi) is 3.56. The van der Waals surface area contributed by atoms with Crippen molar-refractivity contribution in [3.8, 4) is 0 Å². The number of nitrogens with two attached hydrogens (primary N) is 1. The van der Waals surface area contributed by atoms with Crippen LogP contribution >= 0.6 is 0 Å². The molecule has 1 saturated heterocycles. The van der Waals surface area contributed by atoms with Crippen molar-refractivity contribution in [3.63, 3.8) is 0 Å². The molecule has 0 atom stereocenters. The van der Waals surface area contributed by atoms with Gasteiger partial charge in [-0.05, 0) is 25.0 Å². The van der Waals surface area contributed by atoms with Crippen molar-refractivity contribution in [2.75, 3.05) is 13.1 Å². The van der Waals surface area contributed by atoms with Crippen molar-refractivity contribution in [2.45, 2.75) is 12.8 Å². The number of hydrogen-bond acceptors (Lipinski definition) is 3. The third kappa shape index (κ3) is 2.72. The summed E-state index contributed by atoms with van der Waals surface area (Å²) in [5, 5.41) is 1.02. The number of pyridine rings is 1. The maximum Gasteiger partial charge on any atom is 0.272 e. The Balaban J connectivity index is 1.76. The third-order valence-electron chi connectivity index (χ3n) is 4.00. The summed E-state index contributed by atoms with van der Waals surface area (Å²) >= 11 is 0. The van der Waals surface area contributed by atoms with Gasteiger partial charge in [0, 0.05) is 24.4 Å². The van der Waals surface area contributed by atoms with Gasteiger partial charge in [-0.25, -0.2) is 4.98 Å². The number of primary amides is 1. The summed E-state index contributed by atoms with van der Waals surface area (Å²) in [4.78, 5) is 29.8. The zero-order valence-corrected chi connectivity index (χ0v) is 11.7. The van der Waals surface area contributed by atoms with Gasteiger partial charge < -0.3 is 10.6 Å². The van der Waals surface area contributed by atoms with Gasteiger partial charge >= 0.3 is 0 Å². The predicted octanol–water partition coefficient (Wildman–Crippen LogP) is 1.57. The standard InChI is InChI=1S/C16H17N3O2/c17-15(20)12-7-9-19(10-8-12)16(21)14-6-5-11-3-1-2-4-13(11)18-14/h1-6,12H,7-10H2,(H2,17,20). The number of para-hydroxylation sites is 1. The molecular weight excluding hydrogens is 266 g/mol. The minimum atomic E-state index is -0.272. The number of benzene rings is 1. The zero-order chi connectivity index (χ0) is 14.8. The summed E-state index contributed by atoms with van der Waals surface area (Å²) in [6.45, 7) is 1.11. The predicted molar refractivity (Wildman–Crippen MR) is 79.6 cm³/mol. The number of carbonyl (C=O) groups excluding carboxylic acids is 2. The summed E-state index contributed by atoms with van der Waals surface area (Å²) in [6.07, 6.45) is 1.27. The highest BCUT2D eigenvalue weighted by Gasteiger charge is 2.26. The molecule has 0 bridgehead atoms. The van der Waals surface area contributed by atoms with Crippen LogP contribution in [0.2, 0.25) is 0 Å². The van der Waals surface area contributed by atoms with Crippen LogP contribution < -0.4 is 5.73 Å². The fraction of sp³-hybridized carbons (Fsp3) is 0.312. The van der Waals surface area contributed by atoms with E-state index in [-0.39, 0.29) is 17.7 Å². The Bertz CT molecular complexity index is 691. The maximum atomic E-state index is 12.5. The van der Waals surface area contributed by atoms with Gasteiger partial charge in [0.1, 0.15) is 5.69 Å². The van der Waals surface area contributed by atoms with Crippen molar-refractivity contribution in [1.82, 2.24) is 9.88 Å². The highest BCUT2D eigenvalue weighted by molar-refractivity contribution is 5.95. The molecule has 1 aliphatic rings. The monoisotopic (exact) mass is 283 g/mol. The lowest BCUT2D eigenvalue weighted by Crippen LogP contribution is -2.42. The number of hydrogen-bond donors (Lipinski definition) is 1. The van der Waals surface area contributed by atoms with E-state index in [4.69, 9.17) is 5.73 Å². The Hall–Kier alpha value is -2.43. The molecule has 3 rings (SSSR count). The largest absolute Gasteiger partial charge is 0.369 e. The first-order valence-electron chi connectivity index (χ1n) is 7.09. The van der Waals surface area contributed by atoms with Crippen LogP contribution in [0.25, 0.3) is 10.9 Å². The van der Waals surface area contributed by atoms with Crippen LogP contribution in [-0.2, 0) is 4.79 Å². The van der Waals surface area contributed by atoms with Crippen LogP contribution in [0.15, 0.2) is 36.4 Å². The lowest BCUT2D eigenvalue weighted by molar-refractivity contribution is -0.123. The van der Waals surface area contributed by atoms with E-state index in [2.05, 4.69) is 4.98 Å². The maximum absolute atomic E-state index is 12.5. The van der Waals surface area contributed by atoms with Gasteiger partial charge in [-0.1, -0.05) is 24.3 Å². The van der Waals surface area contributed by atoms with Gasteiger partial charge in [-0.15, -0.1) is 0 Å². The van der Waals surface area contributed by atoms with Gasteiger partial charge in [0.25, 0.3) is 5.91 Å². The van der Waals surface area contributed by atoms with E-state index in [0.717, 1.165) is 10.9 Å². The fourth-order valence-electron chi connectivity index (χ4n) is 2.71. The number of fused-ring (bicyclic) bond motifs is 1. The molecule has 1 aliphatic heterocycles. The number of aromatic nitrogens is 1. The minimum Gasteiger partial charge on any atom is -0.369 e. The molecule has 1 aromatic heterocycles. The number of nitrogens with zero attached hydrogens (tertiary/aromatic N) is 2. The first kappa shape index (κ1) is 13.5. The molecule has 0 aliphatic carbocycles. The van der Waals surface area contributed by atoms with Crippen molar-refractivity contribution in [1.29, 1.82) is 0 Å². The van der Waals surface area contributed by atoms with Crippen LogP contribution in [0.5, 0.6) is 0 Å². The van der Waals surface area contributed by atoms with Gasteiger partial charge in [0.15, 0.2) is 0 Å². The van der Waals surface area contributed by atoms with Crippen molar-refractivity contribution in [2.24, 2.45) is 11.7 Å². The zero-order valence-electron chi connectivity index (χ0n) is 11.7. The second-order valence-corrected chi connectivity index (χ2v) is 5.36. The van der Waals surface area contributed by atoms with Crippen molar-refractivity contribution >= 4 is 22.7 Å². The Morgan fingerprint density at radius 3 is 2.52 bits per heavy atom. The highest BCUT2D eigenvalue weighted by Crippen LogP contribution is 2.19.